The van der Waals surface area contributed by atoms with Crippen LogP contribution in [0.15, 0.2) is 95.6 Å². The van der Waals surface area contributed by atoms with Crippen molar-refractivity contribution in [2.24, 2.45) is 7.05 Å². The van der Waals surface area contributed by atoms with Gasteiger partial charge in [-0.05, 0) is 35.4 Å². The van der Waals surface area contributed by atoms with Gasteiger partial charge in [0.25, 0.3) is 0 Å². The molecule has 0 bridgehead atoms. The Hall–Kier alpha value is -2.95. The summed E-state index contributed by atoms with van der Waals surface area (Å²) in [6, 6.07) is 24.8. The summed E-state index contributed by atoms with van der Waals surface area (Å²) in [5.74, 6) is -0.319. The van der Waals surface area contributed by atoms with E-state index in [-0.39, 0.29) is 5.78 Å². The van der Waals surface area contributed by atoms with Gasteiger partial charge in [0.05, 0.1) is 0 Å². The Balaban J connectivity index is 1.87. The summed E-state index contributed by atoms with van der Waals surface area (Å²) in [6.07, 6.45) is 2.45. The molecular weight excluding hydrogens is 426 g/mol. The Morgan fingerprint density at radius 3 is 2.24 bits per heavy atom. The molecule has 4 heteroatoms. The number of ketones is 1. The van der Waals surface area contributed by atoms with Crippen molar-refractivity contribution in [2.75, 3.05) is 0 Å². The van der Waals surface area contributed by atoms with Gasteiger partial charge in [0.15, 0.2) is 5.78 Å². The van der Waals surface area contributed by atoms with Crippen LogP contribution < -0.4 is 0 Å². The molecule has 1 N–H and O–H groups in total. The Kier molecular flexibility index (Phi) is 5.47. The Bertz CT molecular complexity index is 1190. The monoisotopic (exact) mass is 445 g/mol. The molecule has 0 unspecified atom stereocenters. The second kappa shape index (κ2) is 8.19. The van der Waals surface area contributed by atoms with Gasteiger partial charge in [0.1, 0.15) is 6.10 Å². The largest absolute Gasteiger partial charge is 0.381 e. The first-order chi connectivity index (χ1) is 14.0. The van der Waals surface area contributed by atoms with Crippen LogP contribution in [-0.4, -0.2) is 21.6 Å². The number of aromatic nitrogens is 1. The zero-order valence-electron chi connectivity index (χ0n) is 15.9. The van der Waals surface area contributed by atoms with Crippen LogP contribution in [0.1, 0.15) is 21.5 Å². The van der Waals surface area contributed by atoms with E-state index in [0.717, 1.165) is 32.1 Å². The quantitative estimate of drug-likeness (QED) is 0.405. The molecule has 4 aromatic rings. The van der Waals surface area contributed by atoms with Gasteiger partial charge < -0.3 is 9.67 Å². The minimum Gasteiger partial charge on any atom is -0.381 e. The van der Waals surface area contributed by atoms with E-state index < -0.39 is 6.10 Å². The number of halogens is 1. The first kappa shape index (κ1) is 19.4. The molecule has 3 nitrogen and oxygen atoms in total. The average molecular weight is 446 g/mol. The van der Waals surface area contributed by atoms with E-state index in [9.17, 15) is 9.90 Å². The standard InChI is InChI=1S/C25H20BrNO2/c1-27-16-22(21-14-19(26)12-13-23(21)27)20(17-8-4-2-5-9-17)15-24(28)25(29)18-10-6-3-7-11-18/h2-16,24,28H,1H3/b20-15+/t24-/m1/s1. The van der Waals surface area contributed by atoms with Gasteiger partial charge in [-0.25, -0.2) is 0 Å². The van der Waals surface area contributed by atoms with Crippen molar-refractivity contribution in [2.45, 2.75) is 6.10 Å². The normalized spacial score (nSPS) is 12.9. The Morgan fingerprint density at radius 2 is 1.59 bits per heavy atom. The maximum absolute atomic E-state index is 12.8. The molecule has 144 valence electrons. The van der Waals surface area contributed by atoms with E-state index in [1.165, 1.54) is 0 Å². The van der Waals surface area contributed by atoms with Gasteiger partial charge in [0, 0.05) is 39.7 Å². The molecule has 0 radical (unpaired) electrons. The second-order valence-electron chi connectivity index (χ2n) is 6.94. The molecule has 0 fully saturated rings. The van der Waals surface area contributed by atoms with Gasteiger partial charge in [-0.3, -0.25) is 4.79 Å². The summed E-state index contributed by atoms with van der Waals surface area (Å²) in [5.41, 5.74) is 4.30. The second-order valence-corrected chi connectivity index (χ2v) is 7.85. The van der Waals surface area contributed by atoms with Crippen molar-refractivity contribution in [3.8, 4) is 0 Å². The Labute approximate surface area is 178 Å². The van der Waals surface area contributed by atoms with Crippen LogP contribution in [0.2, 0.25) is 0 Å². The van der Waals surface area contributed by atoms with Gasteiger partial charge in [0.2, 0.25) is 0 Å². The summed E-state index contributed by atoms with van der Waals surface area (Å²) in [6.45, 7) is 0. The smallest absolute Gasteiger partial charge is 0.195 e. The van der Waals surface area contributed by atoms with Crippen molar-refractivity contribution in [3.05, 3.63) is 112 Å². The lowest BCUT2D eigenvalue weighted by atomic mass is 9.94. The van der Waals surface area contributed by atoms with Crippen LogP contribution in [-0.2, 0) is 7.05 Å². The summed E-state index contributed by atoms with van der Waals surface area (Å²) < 4.78 is 3.03. The van der Waals surface area contributed by atoms with Gasteiger partial charge >= 0.3 is 0 Å². The van der Waals surface area contributed by atoms with E-state index in [2.05, 4.69) is 32.6 Å². The van der Waals surface area contributed by atoms with Crippen LogP contribution in [0.4, 0.5) is 0 Å². The average Bonchev–Trinajstić information content (AvgIpc) is 3.07. The molecule has 0 saturated carbocycles. The minimum absolute atomic E-state index is 0.319. The van der Waals surface area contributed by atoms with Crippen LogP contribution in [0.3, 0.4) is 0 Å². The third-order valence-corrected chi connectivity index (χ3v) is 5.47. The highest BCUT2D eigenvalue weighted by atomic mass is 79.9. The lowest BCUT2D eigenvalue weighted by Gasteiger charge is -2.11. The van der Waals surface area contributed by atoms with Crippen LogP contribution >= 0.6 is 15.9 Å². The number of carbonyl (C=O) groups is 1. The number of rotatable bonds is 5. The molecule has 1 heterocycles. The number of Topliss-reactive ketones (excluding diaryl/α,β-unsaturated/α-hetero) is 1. The van der Waals surface area contributed by atoms with Crippen molar-refractivity contribution < 1.29 is 9.90 Å². The van der Waals surface area contributed by atoms with Crippen molar-refractivity contribution in [1.29, 1.82) is 0 Å². The van der Waals surface area contributed by atoms with E-state index in [1.54, 1.807) is 30.3 Å². The summed E-state index contributed by atoms with van der Waals surface area (Å²) in [7, 11) is 1.99. The molecule has 29 heavy (non-hydrogen) atoms. The predicted molar refractivity (Wildman–Crippen MR) is 121 cm³/mol. The molecule has 0 saturated heterocycles. The molecule has 0 aliphatic carbocycles. The maximum Gasteiger partial charge on any atom is 0.195 e. The van der Waals surface area contributed by atoms with Crippen molar-refractivity contribution >= 4 is 38.2 Å². The molecule has 0 aliphatic heterocycles. The maximum atomic E-state index is 12.8. The predicted octanol–water partition coefficient (Wildman–Crippen LogP) is 5.62. The van der Waals surface area contributed by atoms with Crippen LogP contribution in [0, 0.1) is 0 Å². The lowest BCUT2D eigenvalue weighted by molar-refractivity contribution is 0.0821. The summed E-state index contributed by atoms with van der Waals surface area (Å²) >= 11 is 3.55. The molecular formula is C25H20BrNO2. The Morgan fingerprint density at radius 1 is 0.966 bits per heavy atom. The van der Waals surface area contributed by atoms with Crippen molar-refractivity contribution in [3.63, 3.8) is 0 Å². The van der Waals surface area contributed by atoms with E-state index in [0.29, 0.717) is 5.56 Å². The molecule has 1 atom stereocenters. The van der Waals surface area contributed by atoms with E-state index in [1.807, 2.05) is 55.7 Å². The van der Waals surface area contributed by atoms with Gasteiger partial charge in [-0.1, -0.05) is 76.6 Å². The first-order valence-corrected chi connectivity index (χ1v) is 10.1. The number of fused-ring (bicyclic) bond motifs is 1. The van der Waals surface area contributed by atoms with E-state index in [4.69, 9.17) is 0 Å². The highest BCUT2D eigenvalue weighted by molar-refractivity contribution is 9.10. The zero-order valence-corrected chi connectivity index (χ0v) is 17.5. The van der Waals surface area contributed by atoms with E-state index >= 15 is 0 Å². The molecule has 0 aliphatic rings. The third-order valence-electron chi connectivity index (χ3n) is 4.98. The number of carbonyl (C=O) groups excluding carboxylic acids is 1. The summed E-state index contributed by atoms with van der Waals surface area (Å²) in [5, 5.41) is 11.8. The zero-order chi connectivity index (χ0) is 20.4. The number of hydrogen-bond acceptors (Lipinski definition) is 2. The third kappa shape index (κ3) is 3.95. The molecule has 0 spiro atoms. The van der Waals surface area contributed by atoms with Crippen LogP contribution in [0.5, 0.6) is 0 Å². The van der Waals surface area contributed by atoms with Crippen molar-refractivity contribution in [1.82, 2.24) is 4.57 Å². The fourth-order valence-electron chi connectivity index (χ4n) is 3.54. The SMILES string of the molecule is Cn1cc(/C(=C/[C@@H](O)C(=O)c2ccccc2)c2ccccc2)c2cc(Br)ccc21. The molecule has 0 amide bonds. The summed E-state index contributed by atoms with van der Waals surface area (Å²) in [4.78, 5) is 12.8. The lowest BCUT2D eigenvalue weighted by Crippen LogP contribution is -2.18. The number of benzene rings is 3. The fraction of sp³-hybridized carbons (Fsp3) is 0.0800. The molecule has 3 aromatic carbocycles. The molecule has 1 aromatic heterocycles. The number of aliphatic hydroxyl groups is 1. The molecule has 4 rings (SSSR count). The minimum atomic E-state index is -1.24. The van der Waals surface area contributed by atoms with Gasteiger partial charge in [-0.15, -0.1) is 0 Å². The highest BCUT2D eigenvalue weighted by Gasteiger charge is 2.19. The topological polar surface area (TPSA) is 42.2 Å². The number of aryl methyl sites for hydroxylation is 1. The highest BCUT2D eigenvalue weighted by Crippen LogP contribution is 2.33. The number of nitrogens with zero attached hydrogens (tertiary/aromatic N) is 1. The number of hydrogen-bond donors (Lipinski definition) is 1. The first-order valence-electron chi connectivity index (χ1n) is 9.34. The number of aliphatic hydroxyl groups excluding tert-OH is 1. The van der Waals surface area contributed by atoms with Crippen LogP contribution in [0.25, 0.3) is 16.5 Å². The fourth-order valence-corrected chi connectivity index (χ4v) is 3.91. The van der Waals surface area contributed by atoms with Gasteiger partial charge in [-0.2, -0.15) is 0 Å².